The van der Waals surface area contributed by atoms with E-state index in [0.717, 1.165) is 51.3 Å². The van der Waals surface area contributed by atoms with Crippen molar-refractivity contribution in [1.82, 2.24) is 14.7 Å². The number of rotatable bonds is 8. The largest absolute Gasteiger partial charge is 0.488 e. The summed E-state index contributed by atoms with van der Waals surface area (Å²) in [4.78, 5) is 19.6. The highest BCUT2D eigenvalue weighted by molar-refractivity contribution is 6.30. The van der Waals surface area contributed by atoms with Gasteiger partial charge in [0.05, 0.1) is 5.56 Å². The van der Waals surface area contributed by atoms with Gasteiger partial charge in [-0.05, 0) is 49.8 Å². The molecule has 1 fully saturated rings. The molecule has 5 nitrogen and oxygen atoms in total. The van der Waals surface area contributed by atoms with Crippen molar-refractivity contribution < 1.29 is 9.53 Å². The van der Waals surface area contributed by atoms with Gasteiger partial charge in [-0.25, -0.2) is 0 Å². The molecule has 0 spiro atoms. The van der Waals surface area contributed by atoms with Crippen LogP contribution in [0.25, 0.3) is 0 Å². The van der Waals surface area contributed by atoms with Gasteiger partial charge in [0, 0.05) is 44.8 Å². The minimum Gasteiger partial charge on any atom is -0.488 e. The molecule has 1 aliphatic rings. The fourth-order valence-electron chi connectivity index (χ4n) is 3.42. The maximum atomic E-state index is 13.0. The minimum atomic E-state index is -0.00455. The van der Waals surface area contributed by atoms with Gasteiger partial charge in [0.1, 0.15) is 12.4 Å². The van der Waals surface area contributed by atoms with Crippen LogP contribution < -0.4 is 4.74 Å². The predicted molar refractivity (Wildman–Crippen MR) is 118 cm³/mol. The summed E-state index contributed by atoms with van der Waals surface area (Å²) in [5, 5.41) is 0.697. The van der Waals surface area contributed by atoms with Gasteiger partial charge in [-0.15, -0.1) is 0 Å². The third kappa shape index (κ3) is 6.46. The second-order valence-electron chi connectivity index (χ2n) is 7.64. The Morgan fingerprint density at radius 3 is 2.48 bits per heavy atom. The molecule has 6 heteroatoms. The molecule has 3 rings (SSSR count). The molecular formula is C23H30ClN3O2. The molecule has 0 aromatic heterocycles. The second kappa shape index (κ2) is 10.6. The summed E-state index contributed by atoms with van der Waals surface area (Å²) in [7, 11) is 4.03. The number of ether oxygens (including phenoxy) is 1. The van der Waals surface area contributed by atoms with Crippen LogP contribution in [-0.4, -0.2) is 74.0 Å². The van der Waals surface area contributed by atoms with Crippen LogP contribution in [0.3, 0.4) is 0 Å². The van der Waals surface area contributed by atoms with E-state index in [1.807, 2.05) is 55.6 Å². The molecule has 0 saturated carbocycles. The first-order chi connectivity index (χ1) is 14.0. The zero-order chi connectivity index (χ0) is 20.6. The molecule has 2 aromatic rings. The quantitative estimate of drug-likeness (QED) is 0.659. The van der Waals surface area contributed by atoms with Gasteiger partial charge < -0.3 is 19.4 Å². The predicted octanol–water partition coefficient (Wildman–Crippen LogP) is 3.63. The standard InChI is InChI=1S/C23H30ClN3O2/c1-25-14-16-27(17-15-25)13-5-12-26(2)23(28)21-6-3-4-7-22(21)29-18-19-8-10-20(24)11-9-19/h3-4,6-11H,5,12-18H2,1-2H3. The minimum absolute atomic E-state index is 0.00455. The zero-order valence-corrected chi connectivity index (χ0v) is 18.1. The van der Waals surface area contributed by atoms with Crippen molar-refractivity contribution in [2.24, 2.45) is 0 Å². The lowest BCUT2D eigenvalue weighted by atomic mass is 10.1. The van der Waals surface area contributed by atoms with Crippen LogP contribution in [0.2, 0.25) is 5.02 Å². The number of likely N-dealkylation sites (N-methyl/N-ethyl adjacent to an activating group) is 1. The summed E-state index contributed by atoms with van der Waals surface area (Å²) >= 11 is 5.93. The summed E-state index contributed by atoms with van der Waals surface area (Å²) in [6, 6.07) is 15.0. The van der Waals surface area contributed by atoms with Crippen molar-refractivity contribution >= 4 is 17.5 Å². The third-order valence-corrected chi connectivity index (χ3v) is 5.59. The summed E-state index contributed by atoms with van der Waals surface area (Å²) in [5.74, 6) is 0.605. The average Bonchev–Trinajstić information content (AvgIpc) is 2.74. The van der Waals surface area contributed by atoms with Crippen molar-refractivity contribution in [2.45, 2.75) is 13.0 Å². The maximum absolute atomic E-state index is 13.0. The van der Waals surface area contributed by atoms with E-state index in [1.54, 1.807) is 4.90 Å². The van der Waals surface area contributed by atoms with Crippen molar-refractivity contribution in [1.29, 1.82) is 0 Å². The summed E-state index contributed by atoms with van der Waals surface area (Å²) < 4.78 is 5.94. The smallest absolute Gasteiger partial charge is 0.257 e. The Balaban J connectivity index is 1.52. The number of halogens is 1. The van der Waals surface area contributed by atoms with Gasteiger partial charge >= 0.3 is 0 Å². The summed E-state index contributed by atoms with van der Waals surface area (Å²) in [6.45, 7) is 6.61. The normalized spacial score (nSPS) is 15.3. The Hall–Kier alpha value is -2.08. The SMILES string of the molecule is CN1CCN(CCCN(C)C(=O)c2ccccc2OCc2ccc(Cl)cc2)CC1. The Kier molecular flexibility index (Phi) is 7.92. The summed E-state index contributed by atoms with van der Waals surface area (Å²) in [5.41, 5.74) is 1.61. The molecule has 0 radical (unpaired) electrons. The molecule has 29 heavy (non-hydrogen) atoms. The Bertz CT molecular complexity index is 789. The van der Waals surface area contributed by atoms with E-state index in [0.29, 0.717) is 22.9 Å². The molecule has 0 unspecified atom stereocenters. The first-order valence-corrected chi connectivity index (χ1v) is 10.5. The van der Waals surface area contributed by atoms with Gasteiger partial charge in [0.2, 0.25) is 0 Å². The number of piperazine rings is 1. The van der Waals surface area contributed by atoms with E-state index in [4.69, 9.17) is 16.3 Å². The van der Waals surface area contributed by atoms with E-state index in [9.17, 15) is 4.79 Å². The molecule has 1 heterocycles. The van der Waals surface area contributed by atoms with E-state index < -0.39 is 0 Å². The zero-order valence-electron chi connectivity index (χ0n) is 17.3. The van der Waals surface area contributed by atoms with E-state index in [1.165, 1.54) is 0 Å². The molecule has 0 N–H and O–H groups in total. The van der Waals surface area contributed by atoms with Crippen LogP contribution in [0.1, 0.15) is 22.3 Å². The molecule has 1 saturated heterocycles. The molecule has 1 amide bonds. The van der Waals surface area contributed by atoms with Crippen LogP contribution in [0.4, 0.5) is 0 Å². The third-order valence-electron chi connectivity index (χ3n) is 5.34. The van der Waals surface area contributed by atoms with E-state index >= 15 is 0 Å². The number of hydrogen-bond donors (Lipinski definition) is 0. The Morgan fingerprint density at radius 1 is 1.07 bits per heavy atom. The molecule has 0 atom stereocenters. The first-order valence-electron chi connectivity index (χ1n) is 10.2. The van der Waals surface area contributed by atoms with E-state index in [2.05, 4.69) is 16.8 Å². The number of amides is 1. The topological polar surface area (TPSA) is 36.0 Å². The highest BCUT2D eigenvalue weighted by Gasteiger charge is 2.18. The van der Waals surface area contributed by atoms with Crippen molar-refractivity contribution in [3.63, 3.8) is 0 Å². The van der Waals surface area contributed by atoms with Crippen LogP contribution in [0.15, 0.2) is 48.5 Å². The number of carbonyl (C=O) groups excluding carboxylic acids is 1. The number of benzene rings is 2. The van der Waals surface area contributed by atoms with Crippen LogP contribution in [0, 0.1) is 0 Å². The number of para-hydroxylation sites is 1. The van der Waals surface area contributed by atoms with Crippen LogP contribution in [-0.2, 0) is 6.61 Å². The molecule has 156 valence electrons. The fraction of sp³-hybridized carbons (Fsp3) is 0.435. The number of carbonyl (C=O) groups is 1. The van der Waals surface area contributed by atoms with Crippen molar-refractivity contribution in [2.75, 3.05) is 53.4 Å². The average molecular weight is 416 g/mol. The lowest BCUT2D eigenvalue weighted by Gasteiger charge is -2.32. The van der Waals surface area contributed by atoms with Gasteiger partial charge in [-0.3, -0.25) is 4.79 Å². The highest BCUT2D eigenvalue weighted by Crippen LogP contribution is 2.21. The molecule has 0 bridgehead atoms. The lowest BCUT2D eigenvalue weighted by Crippen LogP contribution is -2.45. The number of nitrogens with zero attached hydrogens (tertiary/aromatic N) is 3. The fourth-order valence-corrected chi connectivity index (χ4v) is 3.55. The second-order valence-corrected chi connectivity index (χ2v) is 8.07. The van der Waals surface area contributed by atoms with Crippen molar-refractivity contribution in [3.05, 3.63) is 64.7 Å². The maximum Gasteiger partial charge on any atom is 0.257 e. The highest BCUT2D eigenvalue weighted by atomic mass is 35.5. The summed E-state index contributed by atoms with van der Waals surface area (Å²) in [6.07, 6.45) is 0.972. The first kappa shape index (κ1) is 21.6. The lowest BCUT2D eigenvalue weighted by molar-refractivity contribution is 0.0778. The monoisotopic (exact) mass is 415 g/mol. The molecule has 1 aliphatic heterocycles. The number of hydrogen-bond acceptors (Lipinski definition) is 4. The van der Waals surface area contributed by atoms with Crippen LogP contribution in [0.5, 0.6) is 5.75 Å². The van der Waals surface area contributed by atoms with Crippen molar-refractivity contribution in [3.8, 4) is 5.75 Å². The van der Waals surface area contributed by atoms with Gasteiger partial charge in [0.25, 0.3) is 5.91 Å². The van der Waals surface area contributed by atoms with E-state index in [-0.39, 0.29) is 5.91 Å². The van der Waals surface area contributed by atoms with Gasteiger partial charge in [-0.2, -0.15) is 0 Å². The van der Waals surface area contributed by atoms with Gasteiger partial charge in [0.15, 0.2) is 0 Å². The molecular weight excluding hydrogens is 386 g/mol. The van der Waals surface area contributed by atoms with Gasteiger partial charge in [-0.1, -0.05) is 35.9 Å². The molecule has 2 aromatic carbocycles. The van der Waals surface area contributed by atoms with Crippen LogP contribution >= 0.6 is 11.6 Å². The molecule has 0 aliphatic carbocycles. The Morgan fingerprint density at radius 2 is 1.76 bits per heavy atom. The Labute approximate surface area is 178 Å².